The lowest BCUT2D eigenvalue weighted by atomic mass is 9.84. The molecular formula is C27H35N3O3. The first-order valence-corrected chi connectivity index (χ1v) is 12.2. The highest BCUT2D eigenvalue weighted by Gasteiger charge is 2.35. The number of carbonyl (C=O) groups excluding carboxylic acids is 2. The summed E-state index contributed by atoms with van der Waals surface area (Å²) < 4.78 is 5.67. The fourth-order valence-electron chi connectivity index (χ4n) is 5.33. The molecule has 0 aromatic heterocycles. The summed E-state index contributed by atoms with van der Waals surface area (Å²) in [5, 5.41) is 9.81. The first-order valence-electron chi connectivity index (χ1n) is 12.2. The van der Waals surface area contributed by atoms with Gasteiger partial charge in [-0.15, -0.1) is 0 Å². The maximum Gasteiger partial charge on any atom is 0.179 e. The van der Waals surface area contributed by atoms with Crippen molar-refractivity contribution in [2.45, 2.75) is 57.5 Å². The first-order chi connectivity index (χ1) is 15.8. The number of ether oxygens (including phenoxy) is 1. The van der Waals surface area contributed by atoms with Crippen LogP contribution in [0.5, 0.6) is 0 Å². The Labute approximate surface area is 197 Å². The van der Waals surface area contributed by atoms with E-state index in [9.17, 15) is 14.9 Å². The predicted molar refractivity (Wildman–Crippen MR) is 128 cm³/mol. The van der Waals surface area contributed by atoms with Gasteiger partial charge in [-0.3, -0.25) is 9.59 Å². The molecule has 6 heteroatoms. The summed E-state index contributed by atoms with van der Waals surface area (Å²) in [6.45, 7) is 5.74. The van der Waals surface area contributed by atoms with E-state index in [-0.39, 0.29) is 29.2 Å². The molecule has 2 heterocycles. The minimum absolute atomic E-state index is 0.138. The molecule has 1 aliphatic carbocycles. The number of hydrogen-bond donors (Lipinski definition) is 0. The molecule has 2 saturated heterocycles. The van der Waals surface area contributed by atoms with Crippen LogP contribution < -0.4 is 0 Å². The van der Waals surface area contributed by atoms with Crippen LogP contribution in [0.15, 0.2) is 23.8 Å². The quantitative estimate of drug-likeness (QED) is 0.614. The van der Waals surface area contributed by atoms with E-state index in [1.165, 1.54) is 0 Å². The molecule has 176 valence electrons. The van der Waals surface area contributed by atoms with E-state index in [1.807, 2.05) is 18.2 Å². The molecule has 0 atom stereocenters. The highest BCUT2D eigenvalue weighted by molar-refractivity contribution is 6.10. The Morgan fingerprint density at radius 2 is 1.91 bits per heavy atom. The third-order valence-corrected chi connectivity index (χ3v) is 7.91. The first kappa shape index (κ1) is 23.7. The molecule has 1 aromatic rings. The number of benzene rings is 1. The molecule has 0 unspecified atom stereocenters. The van der Waals surface area contributed by atoms with E-state index >= 15 is 0 Å². The summed E-state index contributed by atoms with van der Waals surface area (Å²) >= 11 is 0. The van der Waals surface area contributed by atoms with Gasteiger partial charge in [0, 0.05) is 44.2 Å². The van der Waals surface area contributed by atoms with E-state index in [2.05, 4.69) is 29.8 Å². The summed E-state index contributed by atoms with van der Waals surface area (Å²) in [6, 6.07) is 7.86. The van der Waals surface area contributed by atoms with Gasteiger partial charge in [0.1, 0.15) is 11.6 Å². The number of allylic oxidation sites excluding steroid dienone is 1. The van der Waals surface area contributed by atoms with Crippen molar-refractivity contribution in [3.63, 3.8) is 0 Å². The van der Waals surface area contributed by atoms with Crippen LogP contribution >= 0.6 is 0 Å². The van der Waals surface area contributed by atoms with Gasteiger partial charge in [0.25, 0.3) is 0 Å². The zero-order valence-corrected chi connectivity index (χ0v) is 20.2. The summed E-state index contributed by atoms with van der Waals surface area (Å²) in [5.41, 5.74) is 3.20. The Kier molecular flexibility index (Phi) is 7.02. The van der Waals surface area contributed by atoms with Crippen molar-refractivity contribution in [2.75, 3.05) is 40.3 Å². The van der Waals surface area contributed by atoms with Crippen molar-refractivity contribution in [3.8, 4) is 6.07 Å². The summed E-state index contributed by atoms with van der Waals surface area (Å²) in [7, 11) is 3.89. The zero-order chi connectivity index (χ0) is 23.6. The number of fused-ring (bicyclic) bond motifs is 1. The fourth-order valence-corrected chi connectivity index (χ4v) is 5.33. The number of Topliss-reactive ketones (excluding diaryl/α,β-unsaturated/α-hetero) is 2. The Morgan fingerprint density at radius 1 is 1.21 bits per heavy atom. The van der Waals surface area contributed by atoms with Crippen molar-refractivity contribution < 1.29 is 14.3 Å². The van der Waals surface area contributed by atoms with Crippen LogP contribution in [0.2, 0.25) is 0 Å². The van der Waals surface area contributed by atoms with Crippen molar-refractivity contribution in [2.24, 2.45) is 5.92 Å². The number of hydrogen-bond acceptors (Lipinski definition) is 6. The van der Waals surface area contributed by atoms with E-state index < -0.39 is 0 Å². The summed E-state index contributed by atoms with van der Waals surface area (Å²) in [6.07, 6.45) is 5.65. The average molecular weight is 450 g/mol. The smallest absolute Gasteiger partial charge is 0.179 e. The Morgan fingerprint density at radius 3 is 2.55 bits per heavy atom. The average Bonchev–Trinajstić information content (AvgIpc) is 2.83. The second-order valence-electron chi connectivity index (χ2n) is 10.2. The molecule has 2 aliphatic heterocycles. The monoisotopic (exact) mass is 449 g/mol. The number of piperidine rings is 2. The normalized spacial score (nSPS) is 21.6. The van der Waals surface area contributed by atoms with Gasteiger partial charge >= 0.3 is 0 Å². The van der Waals surface area contributed by atoms with Gasteiger partial charge in [0.05, 0.1) is 11.3 Å². The highest BCUT2D eigenvalue weighted by Crippen LogP contribution is 2.37. The molecule has 0 N–H and O–H groups in total. The van der Waals surface area contributed by atoms with Gasteiger partial charge < -0.3 is 14.5 Å². The number of rotatable bonds is 6. The van der Waals surface area contributed by atoms with E-state index in [0.717, 1.165) is 56.3 Å². The van der Waals surface area contributed by atoms with Gasteiger partial charge in [0.15, 0.2) is 11.6 Å². The van der Waals surface area contributed by atoms with Gasteiger partial charge in [-0.25, -0.2) is 0 Å². The summed E-state index contributed by atoms with van der Waals surface area (Å²) in [5.74, 6) is 0.628. The topological polar surface area (TPSA) is 73.6 Å². The number of nitrogens with zero attached hydrogens (tertiary/aromatic N) is 3. The zero-order valence-electron chi connectivity index (χ0n) is 20.2. The third-order valence-electron chi connectivity index (χ3n) is 7.91. The van der Waals surface area contributed by atoms with Crippen molar-refractivity contribution in [1.82, 2.24) is 9.80 Å². The SMILES string of the molecule is COC1(C)CCN(C2=C(C#N)C(=O)Cc3ccc(C(=O)CCC4CCN(C)CC4)cc32)CC1. The van der Waals surface area contributed by atoms with Gasteiger partial charge in [-0.1, -0.05) is 12.1 Å². The van der Waals surface area contributed by atoms with Crippen molar-refractivity contribution in [1.29, 1.82) is 5.26 Å². The predicted octanol–water partition coefficient (Wildman–Crippen LogP) is 3.85. The molecule has 0 spiro atoms. The maximum absolute atomic E-state index is 13.1. The number of nitriles is 1. The van der Waals surface area contributed by atoms with E-state index in [0.29, 0.717) is 36.7 Å². The second kappa shape index (κ2) is 9.79. The number of methoxy groups -OCH3 is 1. The fraction of sp³-hybridized carbons (Fsp3) is 0.593. The number of carbonyl (C=O) groups is 2. The summed E-state index contributed by atoms with van der Waals surface area (Å²) in [4.78, 5) is 30.3. The molecule has 3 aliphatic rings. The van der Waals surface area contributed by atoms with Crippen LogP contribution in [-0.4, -0.2) is 67.3 Å². The number of likely N-dealkylation sites (tertiary alicyclic amines) is 2. The molecule has 0 amide bonds. The van der Waals surface area contributed by atoms with Gasteiger partial charge in [0.2, 0.25) is 0 Å². The van der Waals surface area contributed by atoms with Crippen LogP contribution in [0.3, 0.4) is 0 Å². The van der Waals surface area contributed by atoms with Crippen molar-refractivity contribution in [3.05, 3.63) is 40.5 Å². The van der Waals surface area contributed by atoms with Crippen LogP contribution in [0.25, 0.3) is 5.70 Å². The lowest BCUT2D eigenvalue weighted by molar-refractivity contribution is -0.114. The minimum Gasteiger partial charge on any atom is -0.378 e. The van der Waals surface area contributed by atoms with Crippen LogP contribution in [-0.2, 0) is 16.0 Å². The van der Waals surface area contributed by atoms with E-state index in [4.69, 9.17) is 4.74 Å². The standard InChI is InChI=1S/C27H35N3O3/c1-27(33-3)10-14-30(15-11-27)26-22-16-21(6-5-20(22)17-25(32)23(26)18-28)24(31)7-4-19-8-12-29(2)13-9-19/h5-6,16,19H,4,7-15,17H2,1-3H3. The molecule has 0 saturated carbocycles. The highest BCUT2D eigenvalue weighted by atomic mass is 16.5. The molecule has 0 radical (unpaired) electrons. The molecule has 0 bridgehead atoms. The van der Waals surface area contributed by atoms with Gasteiger partial charge in [-0.05, 0) is 76.7 Å². The lowest BCUT2D eigenvalue weighted by Crippen LogP contribution is -2.43. The number of ketones is 2. The Bertz CT molecular complexity index is 990. The molecule has 33 heavy (non-hydrogen) atoms. The molecule has 4 rings (SSSR count). The Hall–Kier alpha value is -2.49. The van der Waals surface area contributed by atoms with Crippen LogP contribution in [0.1, 0.15) is 66.9 Å². The lowest BCUT2D eigenvalue weighted by Gasteiger charge is -2.41. The van der Waals surface area contributed by atoms with Gasteiger partial charge in [-0.2, -0.15) is 5.26 Å². The molecule has 6 nitrogen and oxygen atoms in total. The molecule has 2 fully saturated rings. The van der Waals surface area contributed by atoms with Crippen LogP contribution in [0.4, 0.5) is 0 Å². The largest absolute Gasteiger partial charge is 0.378 e. The molecule has 1 aromatic carbocycles. The van der Waals surface area contributed by atoms with Crippen LogP contribution in [0, 0.1) is 17.2 Å². The minimum atomic E-state index is -0.183. The third kappa shape index (κ3) is 5.05. The Balaban J connectivity index is 1.55. The van der Waals surface area contributed by atoms with E-state index in [1.54, 1.807) is 7.11 Å². The second-order valence-corrected chi connectivity index (χ2v) is 10.2. The maximum atomic E-state index is 13.1. The molecular weight excluding hydrogens is 414 g/mol. The van der Waals surface area contributed by atoms with Crippen molar-refractivity contribution >= 4 is 17.3 Å².